The number of alkyl halides is 1. The molecule has 9 nitrogen and oxygen atoms in total. The fourth-order valence-corrected chi connectivity index (χ4v) is 7.67. The van der Waals surface area contributed by atoms with Gasteiger partial charge in [-0.25, -0.2) is 4.39 Å². The van der Waals surface area contributed by atoms with E-state index in [0.29, 0.717) is 24.8 Å². The van der Waals surface area contributed by atoms with Crippen LogP contribution in [0.4, 0.5) is 4.39 Å². The summed E-state index contributed by atoms with van der Waals surface area (Å²) >= 11 is 0. The molecular formula is C22H31FNaO9P. The Labute approximate surface area is 219 Å². The first-order chi connectivity index (χ1) is 14.6. The SMILES string of the molecule is C[C@@H]1C[C@H]2[C@@H]3CCC4=CC(=O)C=C[C@]4(C)[C@@]3(F)[C@@H](O)C[C@]2(C)[C@@]1(O)C(=O)COP(=O)([O-])O.O.[Na+]. The number of halogens is 1. The summed E-state index contributed by atoms with van der Waals surface area (Å²) < 4.78 is 32.2. The number of carbonyl (C=O) groups is 2. The number of aliphatic hydroxyl groups excluding tert-OH is 1. The van der Waals surface area contributed by atoms with E-state index in [1.165, 1.54) is 18.2 Å². The first-order valence-corrected chi connectivity index (χ1v) is 12.4. The number of carbonyl (C=O) groups excluding carboxylic acids is 2. The van der Waals surface area contributed by atoms with Crippen molar-refractivity contribution in [2.75, 3.05) is 6.61 Å². The predicted molar refractivity (Wildman–Crippen MR) is 112 cm³/mol. The summed E-state index contributed by atoms with van der Waals surface area (Å²) in [6.45, 7) is 3.90. The summed E-state index contributed by atoms with van der Waals surface area (Å²) in [5.41, 5.74) is -5.95. The molecule has 0 saturated heterocycles. The normalized spacial score (nSPS) is 46.6. The Kier molecular flexibility index (Phi) is 8.15. The summed E-state index contributed by atoms with van der Waals surface area (Å²) in [4.78, 5) is 44.7. The van der Waals surface area contributed by atoms with Crippen LogP contribution in [0.1, 0.15) is 46.5 Å². The molecule has 12 heteroatoms. The maximum atomic E-state index is 17.0. The van der Waals surface area contributed by atoms with Crippen LogP contribution >= 0.6 is 7.82 Å². The third-order valence-corrected chi connectivity index (χ3v) is 9.46. The topological polar surface area (TPSA) is 176 Å². The second-order valence-corrected chi connectivity index (χ2v) is 11.5. The molecule has 4 rings (SSSR count). The molecule has 5 N–H and O–H groups in total. The molecule has 4 aliphatic carbocycles. The molecule has 3 fully saturated rings. The van der Waals surface area contributed by atoms with Crippen LogP contribution in [0, 0.1) is 28.6 Å². The van der Waals surface area contributed by atoms with Crippen molar-refractivity contribution in [1.82, 2.24) is 0 Å². The van der Waals surface area contributed by atoms with Gasteiger partial charge in [0.25, 0.3) is 7.82 Å². The van der Waals surface area contributed by atoms with Crippen molar-refractivity contribution in [2.45, 2.75) is 63.8 Å². The number of allylic oxidation sites excluding steroid dienone is 4. The van der Waals surface area contributed by atoms with Crippen LogP contribution in [-0.4, -0.2) is 56.1 Å². The van der Waals surface area contributed by atoms with Gasteiger partial charge in [-0.2, -0.15) is 0 Å². The minimum absolute atomic E-state index is 0. The molecule has 0 amide bonds. The van der Waals surface area contributed by atoms with Crippen molar-refractivity contribution in [3.63, 3.8) is 0 Å². The van der Waals surface area contributed by atoms with Gasteiger partial charge in [0.15, 0.2) is 17.2 Å². The van der Waals surface area contributed by atoms with E-state index >= 15 is 4.39 Å². The van der Waals surface area contributed by atoms with Crippen molar-refractivity contribution in [2.24, 2.45) is 28.6 Å². The fraction of sp³-hybridized carbons (Fsp3) is 0.727. The molecule has 3 saturated carbocycles. The van der Waals surface area contributed by atoms with Crippen LogP contribution < -0.4 is 34.5 Å². The molecular weight excluding hydrogens is 481 g/mol. The van der Waals surface area contributed by atoms with Crippen molar-refractivity contribution >= 4 is 19.4 Å². The largest absolute Gasteiger partial charge is 1.00 e. The van der Waals surface area contributed by atoms with Crippen LogP contribution in [0.2, 0.25) is 0 Å². The number of ketones is 2. The van der Waals surface area contributed by atoms with Gasteiger partial charge < -0.3 is 30.0 Å². The number of rotatable bonds is 4. The number of fused-ring (bicyclic) bond motifs is 5. The third kappa shape index (κ3) is 3.90. The van der Waals surface area contributed by atoms with Crippen molar-refractivity contribution in [1.29, 1.82) is 0 Å². The molecule has 0 spiro atoms. The number of Topliss-reactive ketones (excluding diaryl/α,β-unsaturated/α-hetero) is 1. The van der Waals surface area contributed by atoms with Crippen molar-refractivity contribution < 1.29 is 78.1 Å². The Morgan fingerprint density at radius 3 is 2.56 bits per heavy atom. The summed E-state index contributed by atoms with van der Waals surface area (Å²) in [6, 6.07) is 0. The second kappa shape index (κ2) is 9.24. The van der Waals surface area contributed by atoms with Crippen LogP contribution in [-0.2, 0) is 18.7 Å². The van der Waals surface area contributed by atoms with E-state index < -0.39 is 66.2 Å². The number of hydrogen-bond donors (Lipinski definition) is 3. The fourth-order valence-electron chi connectivity index (χ4n) is 7.39. The average Bonchev–Trinajstić information content (AvgIpc) is 2.89. The van der Waals surface area contributed by atoms with Gasteiger partial charge in [0, 0.05) is 16.7 Å². The van der Waals surface area contributed by atoms with Crippen molar-refractivity contribution in [3.8, 4) is 0 Å². The van der Waals surface area contributed by atoms with E-state index in [2.05, 4.69) is 4.52 Å². The predicted octanol–water partition coefficient (Wildman–Crippen LogP) is -2.44. The summed E-state index contributed by atoms with van der Waals surface area (Å²) in [6.07, 6.45) is 3.62. The standard InChI is InChI=1S/C22H30FO8P.Na.H2O/c1-12-8-16-15-5-4-13-9-14(24)6-7-19(13,2)21(15,23)17(25)10-20(16,3)22(12,27)18(26)11-31-32(28,29)30;;/h6-7,9,12,15-17,25,27H,4-5,8,10-11H2,1-3H3,(H2,28,29,30);;1H2/q;+1;/p-1/t12-,15+,16+,17+,19+,20+,21+,22+;;/m1../s1. The van der Waals surface area contributed by atoms with Gasteiger partial charge >= 0.3 is 29.6 Å². The number of phosphoric acid groups is 1. The number of aliphatic hydroxyl groups is 2. The Morgan fingerprint density at radius 1 is 1.35 bits per heavy atom. The van der Waals surface area contributed by atoms with Gasteiger partial charge in [-0.15, -0.1) is 0 Å². The molecule has 0 heterocycles. The molecule has 34 heavy (non-hydrogen) atoms. The minimum Gasteiger partial charge on any atom is -0.756 e. The molecule has 1 unspecified atom stereocenters. The zero-order chi connectivity index (χ0) is 23.9. The van der Waals surface area contributed by atoms with Gasteiger partial charge in [0.1, 0.15) is 12.2 Å². The zero-order valence-electron chi connectivity index (χ0n) is 19.8. The Balaban J connectivity index is 0.00000204. The summed E-state index contributed by atoms with van der Waals surface area (Å²) in [7, 11) is -5.18. The Bertz CT molecular complexity index is 981. The van der Waals surface area contributed by atoms with E-state index in [0.717, 1.165) is 0 Å². The molecule has 4 aliphatic rings. The van der Waals surface area contributed by atoms with E-state index in [4.69, 9.17) is 4.89 Å². The number of phosphoric ester groups is 1. The summed E-state index contributed by atoms with van der Waals surface area (Å²) in [5, 5.41) is 22.8. The van der Waals surface area contributed by atoms with Crippen LogP contribution in [0.25, 0.3) is 0 Å². The Morgan fingerprint density at radius 2 is 1.97 bits per heavy atom. The van der Waals surface area contributed by atoms with Crippen molar-refractivity contribution in [3.05, 3.63) is 23.8 Å². The minimum atomic E-state index is -5.18. The average molecular weight is 512 g/mol. The Hall–Kier alpha value is -0.260. The van der Waals surface area contributed by atoms with Gasteiger partial charge in [-0.3, -0.25) is 14.2 Å². The van der Waals surface area contributed by atoms with Crippen LogP contribution in [0.3, 0.4) is 0 Å². The second-order valence-electron chi connectivity index (χ2n) is 10.3. The van der Waals surface area contributed by atoms with E-state index in [1.807, 2.05) is 0 Å². The molecule has 9 atom stereocenters. The van der Waals surface area contributed by atoms with E-state index in [1.54, 1.807) is 20.8 Å². The molecule has 0 bridgehead atoms. The molecule has 0 aliphatic heterocycles. The first kappa shape index (κ1) is 30.0. The van der Waals surface area contributed by atoms with Crippen LogP contribution in [0.5, 0.6) is 0 Å². The van der Waals surface area contributed by atoms with Gasteiger partial charge in [-0.1, -0.05) is 25.5 Å². The van der Waals surface area contributed by atoms with Gasteiger partial charge in [0.2, 0.25) is 0 Å². The smallest absolute Gasteiger partial charge is 0.756 e. The molecule has 0 aromatic carbocycles. The maximum absolute atomic E-state index is 17.0. The monoisotopic (exact) mass is 512 g/mol. The molecule has 0 aromatic heterocycles. The quantitative estimate of drug-likeness (QED) is 0.275. The van der Waals surface area contributed by atoms with Crippen LogP contribution in [0.15, 0.2) is 23.8 Å². The first-order valence-electron chi connectivity index (χ1n) is 10.9. The molecule has 0 aromatic rings. The summed E-state index contributed by atoms with van der Waals surface area (Å²) in [5.74, 6) is -2.96. The molecule has 0 radical (unpaired) electrons. The molecule has 186 valence electrons. The van der Waals surface area contributed by atoms with Gasteiger partial charge in [-0.05, 0) is 56.6 Å². The maximum Gasteiger partial charge on any atom is 1.00 e. The van der Waals surface area contributed by atoms with E-state index in [9.17, 15) is 29.3 Å². The van der Waals surface area contributed by atoms with E-state index in [-0.39, 0.29) is 47.2 Å². The third-order valence-electron chi connectivity index (χ3n) is 9.01. The van der Waals surface area contributed by atoms with Gasteiger partial charge in [0.05, 0.1) is 6.10 Å². The zero-order valence-corrected chi connectivity index (χ0v) is 22.7. The number of hydrogen-bond acceptors (Lipinski definition) is 7.